The highest BCUT2D eigenvalue weighted by molar-refractivity contribution is 6.03. The number of hydrogen-bond acceptors (Lipinski definition) is 2. The first-order chi connectivity index (χ1) is 9.17. The van der Waals surface area contributed by atoms with Crippen LogP contribution in [0, 0.1) is 0 Å². The van der Waals surface area contributed by atoms with Gasteiger partial charge in [0.25, 0.3) is 5.91 Å². The van der Waals surface area contributed by atoms with E-state index in [1.165, 1.54) is 11.1 Å². The topological polar surface area (TPSA) is 41.5 Å². The van der Waals surface area contributed by atoms with Gasteiger partial charge in [-0.2, -0.15) is 0 Å². The standard InChI is InChI=1S/C16H24N2O/c1-5-7-8-12-11-13(16(19)18-4)9-10-14(12)15(6-2)17-3/h9-11H,5-8H2,1-4H3,(H,18,19). The lowest BCUT2D eigenvalue weighted by atomic mass is 9.95. The summed E-state index contributed by atoms with van der Waals surface area (Å²) in [6, 6.07) is 5.91. The molecule has 0 aliphatic rings. The van der Waals surface area contributed by atoms with Gasteiger partial charge in [0.15, 0.2) is 0 Å². The van der Waals surface area contributed by atoms with E-state index in [2.05, 4.69) is 24.2 Å². The first-order valence-corrected chi connectivity index (χ1v) is 6.98. The molecule has 1 amide bonds. The smallest absolute Gasteiger partial charge is 0.251 e. The van der Waals surface area contributed by atoms with Crippen LogP contribution >= 0.6 is 0 Å². The van der Waals surface area contributed by atoms with Crippen molar-refractivity contribution in [1.82, 2.24) is 5.32 Å². The van der Waals surface area contributed by atoms with E-state index in [4.69, 9.17) is 0 Å². The molecule has 0 aliphatic heterocycles. The van der Waals surface area contributed by atoms with Crippen molar-refractivity contribution in [3.63, 3.8) is 0 Å². The van der Waals surface area contributed by atoms with E-state index < -0.39 is 0 Å². The van der Waals surface area contributed by atoms with Crippen molar-refractivity contribution in [2.75, 3.05) is 14.1 Å². The summed E-state index contributed by atoms with van der Waals surface area (Å²) in [5, 5.41) is 2.67. The van der Waals surface area contributed by atoms with Crippen molar-refractivity contribution < 1.29 is 4.79 Å². The van der Waals surface area contributed by atoms with Gasteiger partial charge >= 0.3 is 0 Å². The summed E-state index contributed by atoms with van der Waals surface area (Å²) in [5.74, 6) is -0.0317. The molecule has 0 aliphatic carbocycles. The van der Waals surface area contributed by atoms with Gasteiger partial charge in [-0.25, -0.2) is 0 Å². The van der Waals surface area contributed by atoms with Crippen LogP contribution in [0.25, 0.3) is 0 Å². The number of rotatable bonds is 6. The molecule has 0 bridgehead atoms. The molecule has 1 rings (SSSR count). The molecule has 0 aromatic heterocycles. The summed E-state index contributed by atoms with van der Waals surface area (Å²) in [6.07, 6.45) is 4.18. The van der Waals surface area contributed by atoms with E-state index in [1.807, 2.05) is 25.2 Å². The van der Waals surface area contributed by atoms with E-state index in [0.29, 0.717) is 0 Å². The predicted molar refractivity (Wildman–Crippen MR) is 81.2 cm³/mol. The Morgan fingerprint density at radius 3 is 2.58 bits per heavy atom. The summed E-state index contributed by atoms with van der Waals surface area (Å²) in [7, 11) is 3.49. The SMILES string of the molecule is CCCCc1cc(C(=O)NC)ccc1C(CC)=NC. The summed E-state index contributed by atoms with van der Waals surface area (Å²) >= 11 is 0. The second-order valence-corrected chi connectivity index (χ2v) is 4.58. The van der Waals surface area contributed by atoms with E-state index in [1.54, 1.807) is 7.05 Å². The van der Waals surface area contributed by atoms with Gasteiger partial charge in [-0.15, -0.1) is 0 Å². The maximum Gasteiger partial charge on any atom is 0.251 e. The minimum Gasteiger partial charge on any atom is -0.355 e. The fourth-order valence-electron chi connectivity index (χ4n) is 2.20. The van der Waals surface area contributed by atoms with E-state index in [-0.39, 0.29) is 5.91 Å². The second-order valence-electron chi connectivity index (χ2n) is 4.58. The van der Waals surface area contributed by atoms with E-state index in [0.717, 1.165) is 37.0 Å². The van der Waals surface area contributed by atoms with Gasteiger partial charge in [0.2, 0.25) is 0 Å². The molecule has 0 radical (unpaired) electrons. The first-order valence-electron chi connectivity index (χ1n) is 6.98. The van der Waals surface area contributed by atoms with Gasteiger partial charge in [0.1, 0.15) is 0 Å². The van der Waals surface area contributed by atoms with Crippen LogP contribution in [0.2, 0.25) is 0 Å². The van der Waals surface area contributed by atoms with Crippen LogP contribution in [0.3, 0.4) is 0 Å². The number of unbranched alkanes of at least 4 members (excludes halogenated alkanes) is 1. The molecule has 0 spiro atoms. The number of benzene rings is 1. The summed E-state index contributed by atoms with van der Waals surface area (Å²) < 4.78 is 0. The van der Waals surface area contributed by atoms with Crippen molar-refractivity contribution >= 4 is 11.6 Å². The number of aliphatic imine (C=N–C) groups is 1. The molecule has 0 saturated carbocycles. The molecule has 3 nitrogen and oxygen atoms in total. The number of carbonyl (C=O) groups excluding carboxylic acids is 1. The molecule has 1 N–H and O–H groups in total. The number of amides is 1. The third-order valence-corrected chi connectivity index (χ3v) is 3.31. The van der Waals surface area contributed by atoms with Gasteiger partial charge in [0, 0.05) is 25.4 Å². The van der Waals surface area contributed by atoms with Crippen LogP contribution in [-0.4, -0.2) is 25.7 Å². The van der Waals surface area contributed by atoms with E-state index in [9.17, 15) is 4.79 Å². The van der Waals surface area contributed by atoms with Crippen LogP contribution < -0.4 is 5.32 Å². The Kier molecular flexibility index (Phi) is 6.26. The largest absolute Gasteiger partial charge is 0.355 e. The summed E-state index contributed by atoms with van der Waals surface area (Å²) in [5.41, 5.74) is 4.25. The minimum absolute atomic E-state index is 0.0317. The fourth-order valence-corrected chi connectivity index (χ4v) is 2.20. The molecule has 0 atom stereocenters. The maximum absolute atomic E-state index is 11.7. The first kappa shape index (κ1) is 15.4. The van der Waals surface area contributed by atoms with Crippen molar-refractivity contribution in [2.45, 2.75) is 39.5 Å². The van der Waals surface area contributed by atoms with Gasteiger partial charge < -0.3 is 5.32 Å². The molecular weight excluding hydrogens is 236 g/mol. The third kappa shape index (κ3) is 3.91. The zero-order chi connectivity index (χ0) is 14.3. The fraction of sp³-hybridized carbons (Fsp3) is 0.500. The number of aryl methyl sites for hydroxylation is 1. The molecule has 1 aromatic carbocycles. The third-order valence-electron chi connectivity index (χ3n) is 3.31. The molecule has 3 heteroatoms. The molecular formula is C16H24N2O. The highest BCUT2D eigenvalue weighted by Gasteiger charge is 2.11. The van der Waals surface area contributed by atoms with Crippen molar-refractivity contribution in [3.8, 4) is 0 Å². The molecule has 0 unspecified atom stereocenters. The Balaban J connectivity index is 3.19. The average Bonchev–Trinajstić information content (AvgIpc) is 2.46. The number of carbonyl (C=O) groups is 1. The minimum atomic E-state index is -0.0317. The lowest BCUT2D eigenvalue weighted by molar-refractivity contribution is 0.0963. The molecule has 0 saturated heterocycles. The Bertz CT molecular complexity index is 464. The number of nitrogens with one attached hydrogen (secondary N) is 1. The van der Waals surface area contributed by atoms with Gasteiger partial charge in [-0.1, -0.05) is 26.3 Å². The number of nitrogens with zero attached hydrogens (tertiary/aromatic N) is 1. The van der Waals surface area contributed by atoms with Gasteiger partial charge in [0.05, 0.1) is 0 Å². The zero-order valence-corrected chi connectivity index (χ0v) is 12.4. The average molecular weight is 260 g/mol. The van der Waals surface area contributed by atoms with E-state index >= 15 is 0 Å². The van der Waals surface area contributed by atoms with Crippen molar-refractivity contribution in [3.05, 3.63) is 34.9 Å². The highest BCUT2D eigenvalue weighted by Crippen LogP contribution is 2.17. The Morgan fingerprint density at radius 1 is 1.32 bits per heavy atom. The van der Waals surface area contributed by atoms with Crippen molar-refractivity contribution in [2.24, 2.45) is 4.99 Å². The molecule has 0 fully saturated rings. The molecule has 19 heavy (non-hydrogen) atoms. The van der Waals surface area contributed by atoms with Crippen LogP contribution in [-0.2, 0) is 6.42 Å². The molecule has 0 heterocycles. The Labute approximate surface area is 116 Å². The lowest BCUT2D eigenvalue weighted by Crippen LogP contribution is -2.18. The van der Waals surface area contributed by atoms with Gasteiger partial charge in [-0.3, -0.25) is 9.79 Å². The number of hydrogen-bond donors (Lipinski definition) is 1. The van der Waals surface area contributed by atoms with Crippen LogP contribution in [0.15, 0.2) is 23.2 Å². The predicted octanol–water partition coefficient (Wildman–Crippen LogP) is 3.22. The maximum atomic E-state index is 11.7. The molecule has 1 aromatic rings. The summed E-state index contributed by atoms with van der Waals surface area (Å²) in [4.78, 5) is 16.1. The Hall–Kier alpha value is -1.64. The normalized spacial score (nSPS) is 11.5. The monoisotopic (exact) mass is 260 g/mol. The van der Waals surface area contributed by atoms with Crippen LogP contribution in [0.4, 0.5) is 0 Å². The van der Waals surface area contributed by atoms with Crippen LogP contribution in [0.5, 0.6) is 0 Å². The zero-order valence-electron chi connectivity index (χ0n) is 12.4. The highest BCUT2D eigenvalue weighted by atomic mass is 16.1. The van der Waals surface area contributed by atoms with Gasteiger partial charge in [-0.05, 0) is 42.5 Å². The lowest BCUT2D eigenvalue weighted by Gasteiger charge is -2.12. The molecule has 104 valence electrons. The van der Waals surface area contributed by atoms with Crippen molar-refractivity contribution in [1.29, 1.82) is 0 Å². The quantitative estimate of drug-likeness (QED) is 0.784. The summed E-state index contributed by atoms with van der Waals surface area (Å²) in [6.45, 7) is 4.29. The van der Waals surface area contributed by atoms with Crippen LogP contribution in [0.1, 0.15) is 54.6 Å². The second kappa shape index (κ2) is 7.72. The Morgan fingerprint density at radius 2 is 2.05 bits per heavy atom.